The van der Waals surface area contributed by atoms with Gasteiger partial charge in [-0.3, -0.25) is 14.6 Å². The molecule has 0 aliphatic rings. The minimum atomic E-state index is -0.631. The number of benzene rings is 1. The molecule has 1 heterocycles. The Morgan fingerprint density at radius 3 is 2.43 bits per heavy atom. The molecular formula is C15H15N3O3. The summed E-state index contributed by atoms with van der Waals surface area (Å²) in [6.45, 7) is 2.49. The van der Waals surface area contributed by atoms with Crippen LogP contribution in [0.3, 0.4) is 0 Å². The third-order valence-electron chi connectivity index (χ3n) is 2.70. The molecule has 1 aromatic carbocycles. The van der Waals surface area contributed by atoms with Crippen molar-refractivity contribution in [2.75, 3.05) is 11.9 Å². The second-order valence-electron chi connectivity index (χ2n) is 4.21. The van der Waals surface area contributed by atoms with Gasteiger partial charge in [0, 0.05) is 11.9 Å². The minimum absolute atomic E-state index is 0.118. The Balaban J connectivity index is 2.05. The van der Waals surface area contributed by atoms with Crippen molar-refractivity contribution in [1.82, 2.24) is 4.98 Å². The maximum Gasteiger partial charge on any atom is 0.267 e. The Kier molecular flexibility index (Phi) is 4.50. The number of ether oxygens (including phenoxy) is 1. The summed E-state index contributed by atoms with van der Waals surface area (Å²) in [6, 6.07) is 9.94. The largest absolute Gasteiger partial charge is 0.494 e. The smallest absolute Gasteiger partial charge is 0.267 e. The fraction of sp³-hybridized carbons (Fsp3) is 0.133. The van der Waals surface area contributed by atoms with E-state index >= 15 is 0 Å². The van der Waals surface area contributed by atoms with Gasteiger partial charge in [0.1, 0.15) is 11.4 Å². The van der Waals surface area contributed by atoms with Gasteiger partial charge < -0.3 is 15.8 Å². The number of pyridine rings is 1. The van der Waals surface area contributed by atoms with Crippen molar-refractivity contribution in [2.24, 2.45) is 5.73 Å². The second-order valence-corrected chi connectivity index (χ2v) is 4.21. The molecule has 21 heavy (non-hydrogen) atoms. The summed E-state index contributed by atoms with van der Waals surface area (Å²) >= 11 is 0. The van der Waals surface area contributed by atoms with Crippen LogP contribution < -0.4 is 15.8 Å². The first-order valence-corrected chi connectivity index (χ1v) is 6.40. The molecule has 0 atom stereocenters. The first-order valence-electron chi connectivity index (χ1n) is 6.40. The van der Waals surface area contributed by atoms with Gasteiger partial charge in [0.25, 0.3) is 11.8 Å². The number of hydrogen-bond donors (Lipinski definition) is 2. The summed E-state index contributed by atoms with van der Waals surface area (Å²) in [6.07, 6.45) is 1.31. The predicted octanol–water partition coefficient (Wildman–Crippen LogP) is 1.83. The summed E-state index contributed by atoms with van der Waals surface area (Å²) in [7, 11) is 0. The van der Waals surface area contributed by atoms with E-state index in [1.807, 2.05) is 6.92 Å². The Morgan fingerprint density at radius 1 is 1.19 bits per heavy atom. The van der Waals surface area contributed by atoms with Crippen molar-refractivity contribution in [1.29, 1.82) is 0 Å². The molecule has 2 rings (SSSR count). The van der Waals surface area contributed by atoms with Gasteiger partial charge >= 0.3 is 0 Å². The predicted molar refractivity (Wildman–Crippen MR) is 78.3 cm³/mol. The standard InChI is InChI=1S/C15H15N3O3/c1-2-21-12-6-4-11(5-7-12)18-15(20)10-3-8-13(14(16)19)17-9-10/h3-9H,2H2,1H3,(H2,16,19)(H,18,20). The highest BCUT2D eigenvalue weighted by molar-refractivity contribution is 6.04. The molecule has 108 valence electrons. The lowest BCUT2D eigenvalue weighted by atomic mass is 10.2. The summed E-state index contributed by atoms with van der Waals surface area (Å²) in [5, 5.41) is 2.73. The van der Waals surface area contributed by atoms with Crippen LogP contribution in [0.5, 0.6) is 5.75 Å². The van der Waals surface area contributed by atoms with Crippen molar-refractivity contribution in [3.05, 3.63) is 53.9 Å². The van der Waals surface area contributed by atoms with E-state index < -0.39 is 5.91 Å². The molecule has 0 saturated heterocycles. The molecule has 1 aromatic heterocycles. The van der Waals surface area contributed by atoms with Crippen LogP contribution in [0.2, 0.25) is 0 Å². The normalized spacial score (nSPS) is 9.95. The van der Waals surface area contributed by atoms with E-state index in [4.69, 9.17) is 10.5 Å². The van der Waals surface area contributed by atoms with Gasteiger partial charge in [0.2, 0.25) is 0 Å². The summed E-state index contributed by atoms with van der Waals surface area (Å²) in [4.78, 5) is 26.7. The van der Waals surface area contributed by atoms with Crippen LogP contribution in [0.4, 0.5) is 5.69 Å². The molecule has 2 aromatic rings. The number of carbonyl (C=O) groups excluding carboxylic acids is 2. The summed E-state index contributed by atoms with van der Waals surface area (Å²) in [5.74, 6) is -0.209. The van der Waals surface area contributed by atoms with Crippen molar-refractivity contribution in [3.8, 4) is 5.75 Å². The van der Waals surface area contributed by atoms with Gasteiger partial charge in [0.05, 0.1) is 12.2 Å². The van der Waals surface area contributed by atoms with Crippen LogP contribution >= 0.6 is 0 Å². The van der Waals surface area contributed by atoms with E-state index in [0.717, 1.165) is 5.75 Å². The number of aromatic nitrogens is 1. The zero-order valence-electron chi connectivity index (χ0n) is 11.5. The minimum Gasteiger partial charge on any atom is -0.494 e. The number of carbonyl (C=O) groups is 2. The molecule has 0 saturated carbocycles. The lowest BCUT2D eigenvalue weighted by Crippen LogP contribution is -2.15. The highest BCUT2D eigenvalue weighted by atomic mass is 16.5. The van der Waals surface area contributed by atoms with Crippen LogP contribution in [0.25, 0.3) is 0 Å². The Hall–Kier alpha value is -2.89. The first-order chi connectivity index (χ1) is 10.1. The Bertz CT molecular complexity index is 636. The van der Waals surface area contributed by atoms with Gasteiger partial charge in [-0.1, -0.05) is 0 Å². The van der Waals surface area contributed by atoms with Crippen molar-refractivity contribution in [3.63, 3.8) is 0 Å². The van der Waals surface area contributed by atoms with Gasteiger partial charge in [-0.05, 0) is 43.3 Å². The monoisotopic (exact) mass is 285 g/mol. The van der Waals surface area contributed by atoms with E-state index in [9.17, 15) is 9.59 Å². The quantitative estimate of drug-likeness (QED) is 0.876. The topological polar surface area (TPSA) is 94.3 Å². The molecule has 0 spiro atoms. The number of primary amides is 1. The molecule has 0 fully saturated rings. The number of nitrogens with zero attached hydrogens (tertiary/aromatic N) is 1. The molecule has 2 amide bonds. The number of nitrogens with two attached hydrogens (primary N) is 1. The van der Waals surface area contributed by atoms with Gasteiger partial charge in [0.15, 0.2) is 0 Å². The first kappa shape index (κ1) is 14.5. The van der Waals surface area contributed by atoms with Crippen molar-refractivity contribution in [2.45, 2.75) is 6.92 Å². The molecule has 0 unspecified atom stereocenters. The molecule has 0 aliphatic heterocycles. The Morgan fingerprint density at radius 2 is 1.90 bits per heavy atom. The molecule has 0 bridgehead atoms. The highest BCUT2D eigenvalue weighted by Crippen LogP contribution is 2.16. The van der Waals surface area contributed by atoms with Crippen LogP contribution in [0.15, 0.2) is 42.6 Å². The lowest BCUT2D eigenvalue weighted by molar-refractivity contribution is 0.0990. The van der Waals surface area contributed by atoms with E-state index in [1.165, 1.54) is 18.3 Å². The molecule has 6 nitrogen and oxygen atoms in total. The third kappa shape index (κ3) is 3.79. The SMILES string of the molecule is CCOc1ccc(NC(=O)c2ccc(C(N)=O)nc2)cc1. The maximum absolute atomic E-state index is 12.0. The van der Waals surface area contributed by atoms with E-state index in [1.54, 1.807) is 24.3 Å². The number of rotatable bonds is 5. The summed E-state index contributed by atoms with van der Waals surface area (Å²) < 4.78 is 5.32. The van der Waals surface area contributed by atoms with E-state index in [0.29, 0.717) is 17.9 Å². The van der Waals surface area contributed by atoms with Crippen molar-refractivity contribution >= 4 is 17.5 Å². The zero-order chi connectivity index (χ0) is 15.2. The van der Waals surface area contributed by atoms with Crippen molar-refractivity contribution < 1.29 is 14.3 Å². The Labute approximate surface area is 121 Å². The lowest BCUT2D eigenvalue weighted by Gasteiger charge is -2.07. The average Bonchev–Trinajstić information content (AvgIpc) is 2.49. The van der Waals surface area contributed by atoms with E-state index in [-0.39, 0.29) is 11.6 Å². The van der Waals surface area contributed by atoms with Crippen LogP contribution in [-0.2, 0) is 0 Å². The van der Waals surface area contributed by atoms with Crippen LogP contribution in [0, 0.1) is 0 Å². The van der Waals surface area contributed by atoms with Crippen LogP contribution in [-0.4, -0.2) is 23.4 Å². The molecular weight excluding hydrogens is 270 g/mol. The highest BCUT2D eigenvalue weighted by Gasteiger charge is 2.08. The van der Waals surface area contributed by atoms with E-state index in [2.05, 4.69) is 10.3 Å². The fourth-order valence-corrected chi connectivity index (χ4v) is 1.68. The number of anilines is 1. The number of amides is 2. The average molecular weight is 285 g/mol. The third-order valence-corrected chi connectivity index (χ3v) is 2.70. The zero-order valence-corrected chi connectivity index (χ0v) is 11.5. The van der Waals surface area contributed by atoms with Crippen LogP contribution in [0.1, 0.15) is 27.8 Å². The second kappa shape index (κ2) is 6.51. The molecule has 0 radical (unpaired) electrons. The molecule has 0 aliphatic carbocycles. The molecule has 3 N–H and O–H groups in total. The van der Waals surface area contributed by atoms with Gasteiger partial charge in [-0.15, -0.1) is 0 Å². The number of hydrogen-bond acceptors (Lipinski definition) is 4. The molecule has 6 heteroatoms. The maximum atomic E-state index is 12.0. The summed E-state index contributed by atoms with van der Waals surface area (Å²) in [5.41, 5.74) is 6.19. The van der Waals surface area contributed by atoms with Gasteiger partial charge in [-0.25, -0.2) is 0 Å². The fourth-order valence-electron chi connectivity index (χ4n) is 1.68. The number of nitrogens with one attached hydrogen (secondary N) is 1. The van der Waals surface area contributed by atoms with Gasteiger partial charge in [-0.2, -0.15) is 0 Å².